The molecule has 0 bridgehead atoms. The molecule has 4 rings (SSSR count). The number of sulfonamides is 1. The maximum absolute atomic E-state index is 14.3. The Morgan fingerprint density at radius 1 is 1.11 bits per heavy atom. The SMILES string of the molecule is C[C@@H]1CCCCO[C@H](CN(C)S(=O)(=O)c2ccccc2)[C@@H](C)CN([C@@H](C)CO)C(=O)c2cc(NC(=O)c3ccncc3)ccc2O1. The Morgan fingerprint density at radius 2 is 1.83 bits per heavy atom. The summed E-state index contributed by atoms with van der Waals surface area (Å²) in [7, 11) is -2.24. The molecule has 0 saturated carbocycles. The van der Waals surface area contributed by atoms with Crippen LogP contribution in [-0.2, 0) is 14.8 Å². The summed E-state index contributed by atoms with van der Waals surface area (Å²) in [6, 6.07) is 15.8. The standard InChI is InChI=1S/C34H44N4O7S/c1-24-21-38(25(2)23-39)34(41)30-20-28(36-33(40)27-15-17-35-18-16-27)13-14-31(30)45-26(3)10-8-9-19-44-32(24)22-37(4)46(42,43)29-11-6-5-7-12-29/h5-7,11-18,20,24-26,32,39H,8-10,19,21-23H2,1-4H3,(H,36,40)/t24-,25-,26+,32+/m0/s1. The third-order valence-electron chi connectivity index (χ3n) is 8.14. The third kappa shape index (κ3) is 8.91. The number of nitrogens with zero attached hydrogens (tertiary/aromatic N) is 3. The van der Waals surface area contributed by atoms with Crippen LogP contribution in [0, 0.1) is 5.92 Å². The first-order chi connectivity index (χ1) is 22.0. The lowest BCUT2D eigenvalue weighted by Gasteiger charge is -2.35. The van der Waals surface area contributed by atoms with Crippen molar-refractivity contribution >= 4 is 27.5 Å². The number of hydrogen-bond acceptors (Lipinski definition) is 8. The van der Waals surface area contributed by atoms with Gasteiger partial charge in [0.1, 0.15) is 5.75 Å². The van der Waals surface area contributed by atoms with Crippen molar-refractivity contribution in [3.05, 3.63) is 84.2 Å². The summed E-state index contributed by atoms with van der Waals surface area (Å²) in [6.07, 6.45) is 4.55. The largest absolute Gasteiger partial charge is 0.490 e. The molecule has 46 heavy (non-hydrogen) atoms. The van der Waals surface area contributed by atoms with Crippen LogP contribution in [0.3, 0.4) is 0 Å². The van der Waals surface area contributed by atoms with E-state index >= 15 is 0 Å². The number of rotatable bonds is 8. The van der Waals surface area contributed by atoms with Crippen molar-refractivity contribution in [3.8, 4) is 5.75 Å². The zero-order chi connectivity index (χ0) is 33.3. The number of aliphatic hydroxyl groups excluding tert-OH is 1. The number of carbonyl (C=O) groups excluding carboxylic acids is 2. The lowest BCUT2D eigenvalue weighted by molar-refractivity contribution is -0.00834. The van der Waals surface area contributed by atoms with Crippen molar-refractivity contribution in [3.63, 3.8) is 0 Å². The zero-order valence-electron chi connectivity index (χ0n) is 26.8. The molecule has 0 saturated heterocycles. The molecule has 2 amide bonds. The van der Waals surface area contributed by atoms with E-state index in [1.165, 1.54) is 23.7 Å². The monoisotopic (exact) mass is 652 g/mol. The summed E-state index contributed by atoms with van der Waals surface area (Å²) in [5, 5.41) is 13.0. The van der Waals surface area contributed by atoms with E-state index in [2.05, 4.69) is 10.3 Å². The van der Waals surface area contributed by atoms with E-state index < -0.39 is 28.1 Å². The fourth-order valence-electron chi connectivity index (χ4n) is 5.29. The maximum Gasteiger partial charge on any atom is 0.258 e. The molecule has 0 aliphatic carbocycles. The van der Waals surface area contributed by atoms with Crippen LogP contribution in [0.25, 0.3) is 0 Å². The van der Waals surface area contributed by atoms with Crippen LogP contribution < -0.4 is 10.1 Å². The number of pyridine rings is 1. The summed E-state index contributed by atoms with van der Waals surface area (Å²) in [5.74, 6) is -0.682. The van der Waals surface area contributed by atoms with Gasteiger partial charge >= 0.3 is 0 Å². The predicted molar refractivity (Wildman–Crippen MR) is 175 cm³/mol. The van der Waals surface area contributed by atoms with Crippen molar-refractivity contribution in [1.29, 1.82) is 0 Å². The molecule has 2 heterocycles. The second kappa shape index (κ2) is 16.1. The van der Waals surface area contributed by atoms with Gasteiger partial charge < -0.3 is 24.8 Å². The minimum absolute atomic E-state index is 0.0786. The fourth-order valence-corrected chi connectivity index (χ4v) is 6.50. The molecule has 1 aliphatic heterocycles. The average Bonchev–Trinajstić information content (AvgIpc) is 3.06. The number of nitrogens with one attached hydrogen (secondary N) is 1. The van der Waals surface area contributed by atoms with E-state index in [0.29, 0.717) is 30.0 Å². The minimum atomic E-state index is -3.77. The Balaban J connectivity index is 1.65. The first kappa shape index (κ1) is 35.0. The number of aromatic nitrogens is 1. The molecule has 12 heteroatoms. The Hall–Kier alpha value is -3.84. The number of likely N-dealkylation sites (N-methyl/N-ethyl adjacent to an activating group) is 1. The van der Waals surface area contributed by atoms with Crippen molar-refractivity contribution < 1.29 is 32.6 Å². The molecule has 1 aliphatic rings. The van der Waals surface area contributed by atoms with Crippen LogP contribution in [0.4, 0.5) is 5.69 Å². The molecular formula is C34H44N4O7S. The summed E-state index contributed by atoms with van der Waals surface area (Å²) in [5.41, 5.74) is 1.07. The molecule has 3 aromatic rings. The smallest absolute Gasteiger partial charge is 0.258 e. The first-order valence-corrected chi connectivity index (χ1v) is 17.0. The number of carbonyl (C=O) groups is 2. The molecule has 248 valence electrons. The molecule has 0 radical (unpaired) electrons. The molecule has 0 fully saturated rings. The molecule has 2 aromatic carbocycles. The summed E-state index contributed by atoms with van der Waals surface area (Å²) in [4.78, 5) is 32.9. The number of hydrogen-bond donors (Lipinski definition) is 2. The Bertz CT molecular complexity index is 1560. The van der Waals surface area contributed by atoms with Crippen LogP contribution in [0.15, 0.2) is 78.0 Å². The molecular weight excluding hydrogens is 608 g/mol. The molecule has 1 aromatic heterocycles. The fraction of sp³-hybridized carbons (Fsp3) is 0.441. The Morgan fingerprint density at radius 3 is 2.52 bits per heavy atom. The van der Waals surface area contributed by atoms with Gasteiger partial charge in [-0.05, 0) is 75.6 Å². The van der Waals surface area contributed by atoms with Crippen LogP contribution in [0.1, 0.15) is 60.7 Å². The van der Waals surface area contributed by atoms with Gasteiger partial charge in [-0.2, -0.15) is 4.31 Å². The van der Waals surface area contributed by atoms with Gasteiger partial charge in [0.15, 0.2) is 0 Å². The zero-order valence-corrected chi connectivity index (χ0v) is 27.7. The number of benzene rings is 2. The quantitative estimate of drug-likeness (QED) is 0.364. The molecule has 0 spiro atoms. The van der Waals surface area contributed by atoms with Crippen molar-refractivity contribution in [1.82, 2.24) is 14.2 Å². The molecule has 2 N–H and O–H groups in total. The highest BCUT2D eigenvalue weighted by molar-refractivity contribution is 7.89. The molecule has 0 unspecified atom stereocenters. The van der Waals surface area contributed by atoms with Crippen molar-refractivity contribution in [2.45, 2.75) is 63.2 Å². The van der Waals surface area contributed by atoms with Gasteiger partial charge in [-0.1, -0.05) is 25.1 Å². The van der Waals surface area contributed by atoms with Gasteiger partial charge in [-0.25, -0.2) is 8.42 Å². The van der Waals surface area contributed by atoms with Gasteiger partial charge in [-0.15, -0.1) is 0 Å². The van der Waals surface area contributed by atoms with E-state index in [-0.39, 0.29) is 48.1 Å². The summed E-state index contributed by atoms with van der Waals surface area (Å²) < 4.78 is 40.5. The molecule has 4 atom stereocenters. The highest BCUT2D eigenvalue weighted by Crippen LogP contribution is 2.29. The number of fused-ring (bicyclic) bond motifs is 1. The van der Waals surface area contributed by atoms with Gasteiger partial charge in [-0.3, -0.25) is 14.6 Å². The van der Waals surface area contributed by atoms with Crippen LogP contribution in [0.2, 0.25) is 0 Å². The number of ether oxygens (including phenoxy) is 2. The second-order valence-corrected chi connectivity index (χ2v) is 13.8. The van der Waals surface area contributed by atoms with E-state index in [1.54, 1.807) is 72.5 Å². The normalized spacial score (nSPS) is 20.7. The summed E-state index contributed by atoms with van der Waals surface area (Å²) in [6.45, 7) is 5.96. The maximum atomic E-state index is 14.3. The van der Waals surface area contributed by atoms with Gasteiger partial charge in [0.2, 0.25) is 10.0 Å². The second-order valence-electron chi connectivity index (χ2n) is 11.8. The van der Waals surface area contributed by atoms with Gasteiger partial charge in [0.05, 0.1) is 35.3 Å². The number of aliphatic hydroxyl groups is 1. The Labute approximate surface area is 271 Å². The van der Waals surface area contributed by atoms with Crippen LogP contribution >= 0.6 is 0 Å². The molecule has 11 nitrogen and oxygen atoms in total. The first-order valence-electron chi connectivity index (χ1n) is 15.6. The highest BCUT2D eigenvalue weighted by Gasteiger charge is 2.32. The lowest BCUT2D eigenvalue weighted by Crippen LogP contribution is -2.48. The van der Waals surface area contributed by atoms with Crippen molar-refractivity contribution in [2.24, 2.45) is 5.92 Å². The predicted octanol–water partition coefficient (Wildman–Crippen LogP) is 4.45. The average molecular weight is 653 g/mol. The van der Waals surface area contributed by atoms with E-state index in [0.717, 1.165) is 12.8 Å². The third-order valence-corrected chi connectivity index (χ3v) is 9.98. The topological polar surface area (TPSA) is 138 Å². The summed E-state index contributed by atoms with van der Waals surface area (Å²) >= 11 is 0. The van der Waals surface area contributed by atoms with Crippen LogP contribution in [0.5, 0.6) is 5.75 Å². The highest BCUT2D eigenvalue weighted by atomic mass is 32.2. The van der Waals surface area contributed by atoms with E-state index in [9.17, 15) is 23.1 Å². The van der Waals surface area contributed by atoms with Gasteiger partial charge in [0.25, 0.3) is 11.8 Å². The van der Waals surface area contributed by atoms with E-state index in [4.69, 9.17) is 9.47 Å². The number of amides is 2. The van der Waals surface area contributed by atoms with Crippen molar-refractivity contribution in [2.75, 3.05) is 38.7 Å². The van der Waals surface area contributed by atoms with Crippen LogP contribution in [-0.4, -0.2) is 91.1 Å². The number of anilines is 1. The van der Waals surface area contributed by atoms with Gasteiger partial charge in [0, 0.05) is 56.3 Å². The van der Waals surface area contributed by atoms with E-state index in [1.807, 2.05) is 13.8 Å². The lowest BCUT2D eigenvalue weighted by atomic mass is 10.0. The minimum Gasteiger partial charge on any atom is -0.490 e. The Kier molecular flexibility index (Phi) is 12.3.